The monoisotopic (exact) mass is 266 g/mol. The molecule has 0 amide bonds. The van der Waals surface area contributed by atoms with Crippen LogP contribution < -0.4 is 0 Å². The maximum atomic E-state index is 11.5. The first kappa shape index (κ1) is 17.6. The van der Waals surface area contributed by atoms with E-state index in [2.05, 4.69) is 16.5 Å². The van der Waals surface area contributed by atoms with Crippen molar-refractivity contribution in [3.05, 3.63) is 24.4 Å². The van der Waals surface area contributed by atoms with Crippen LogP contribution in [0.4, 0.5) is 0 Å². The number of allylic oxidation sites excluding steroid dienone is 3. The molecule has 0 aliphatic rings. The lowest BCUT2D eigenvalue weighted by atomic mass is 10.1. The number of ether oxygens (including phenoxy) is 1. The largest absolute Gasteiger partial charge is 0.466 e. The quantitative estimate of drug-likeness (QED) is 0.385. The molecule has 4 nitrogen and oxygen atoms in total. The van der Waals surface area contributed by atoms with E-state index >= 15 is 0 Å². The summed E-state index contributed by atoms with van der Waals surface area (Å²) in [5.41, 5.74) is 1.94. The maximum Gasteiger partial charge on any atom is 0.309 e. The minimum atomic E-state index is -0.147. The molecule has 0 spiro atoms. The molecule has 1 unspecified atom stereocenters. The second kappa shape index (κ2) is 9.50. The third kappa shape index (κ3) is 8.32. The van der Waals surface area contributed by atoms with Crippen LogP contribution in [-0.2, 0) is 9.53 Å². The highest BCUT2D eigenvalue weighted by molar-refractivity contribution is 5.84. The molecule has 0 heterocycles. The van der Waals surface area contributed by atoms with Gasteiger partial charge in [0.1, 0.15) is 0 Å². The molecule has 0 aliphatic carbocycles. The third-order valence-corrected chi connectivity index (χ3v) is 2.50. The molecular weight excluding hydrogens is 240 g/mol. The normalized spacial score (nSPS) is 14.4. The van der Waals surface area contributed by atoms with Crippen LogP contribution in [0.1, 0.15) is 27.7 Å². The van der Waals surface area contributed by atoms with Gasteiger partial charge in [-0.3, -0.25) is 9.79 Å². The molecule has 19 heavy (non-hydrogen) atoms. The Morgan fingerprint density at radius 3 is 2.63 bits per heavy atom. The van der Waals surface area contributed by atoms with Gasteiger partial charge in [-0.15, -0.1) is 0 Å². The lowest BCUT2D eigenvalue weighted by Gasteiger charge is -2.20. The Morgan fingerprint density at radius 1 is 1.47 bits per heavy atom. The molecule has 0 rings (SSSR count). The Balaban J connectivity index is 4.30. The molecule has 0 aromatic heterocycles. The van der Waals surface area contributed by atoms with E-state index in [1.54, 1.807) is 6.08 Å². The Morgan fingerprint density at radius 2 is 2.11 bits per heavy atom. The summed E-state index contributed by atoms with van der Waals surface area (Å²) in [5, 5.41) is 0. The molecule has 0 aromatic carbocycles. The molecule has 1 atom stereocenters. The number of carbonyl (C=O) groups excluding carboxylic acids is 1. The van der Waals surface area contributed by atoms with Gasteiger partial charge in [0.15, 0.2) is 0 Å². The van der Waals surface area contributed by atoms with Crippen molar-refractivity contribution in [1.82, 2.24) is 4.90 Å². The summed E-state index contributed by atoms with van der Waals surface area (Å²) in [6, 6.07) is 0. The second-order valence-electron chi connectivity index (χ2n) is 4.74. The highest BCUT2D eigenvalue weighted by Gasteiger charge is 2.16. The van der Waals surface area contributed by atoms with E-state index in [1.807, 2.05) is 40.8 Å². The van der Waals surface area contributed by atoms with Gasteiger partial charge in [0.05, 0.1) is 12.5 Å². The van der Waals surface area contributed by atoms with Gasteiger partial charge in [0.2, 0.25) is 0 Å². The molecule has 0 saturated heterocycles. The van der Waals surface area contributed by atoms with E-state index in [9.17, 15) is 4.79 Å². The van der Waals surface area contributed by atoms with Gasteiger partial charge in [-0.25, -0.2) is 0 Å². The highest BCUT2D eigenvalue weighted by atomic mass is 16.5. The predicted octanol–water partition coefficient (Wildman–Crippen LogP) is 2.67. The van der Waals surface area contributed by atoms with Crippen LogP contribution >= 0.6 is 0 Å². The minimum Gasteiger partial charge on any atom is -0.466 e. The van der Waals surface area contributed by atoms with Gasteiger partial charge in [0, 0.05) is 24.5 Å². The zero-order valence-corrected chi connectivity index (χ0v) is 12.8. The van der Waals surface area contributed by atoms with Gasteiger partial charge in [-0.1, -0.05) is 19.6 Å². The summed E-state index contributed by atoms with van der Waals surface area (Å²) < 4.78 is 4.99. The number of esters is 1. The van der Waals surface area contributed by atoms with Crippen molar-refractivity contribution in [1.29, 1.82) is 0 Å². The average molecular weight is 266 g/mol. The summed E-state index contributed by atoms with van der Waals surface area (Å²) in [7, 11) is 1.97. The Labute approximate surface area is 116 Å². The Hall–Kier alpha value is -1.42. The Bertz CT molecular complexity index is 359. The third-order valence-electron chi connectivity index (χ3n) is 2.50. The van der Waals surface area contributed by atoms with Crippen LogP contribution in [0.25, 0.3) is 0 Å². The molecule has 0 aliphatic heterocycles. The smallest absolute Gasteiger partial charge is 0.309 e. The lowest BCUT2D eigenvalue weighted by molar-refractivity contribution is -0.147. The van der Waals surface area contributed by atoms with Gasteiger partial charge < -0.3 is 9.64 Å². The molecule has 0 saturated carbocycles. The number of carbonyl (C=O) groups is 1. The van der Waals surface area contributed by atoms with E-state index in [-0.39, 0.29) is 11.9 Å². The highest BCUT2D eigenvalue weighted by Crippen LogP contribution is 2.03. The molecule has 0 radical (unpaired) electrons. The van der Waals surface area contributed by atoms with Crippen LogP contribution in [0.5, 0.6) is 0 Å². The number of hydrogen-bond donors (Lipinski definition) is 0. The predicted molar refractivity (Wildman–Crippen MR) is 80.4 cm³/mol. The fraction of sp³-hybridized carbons (Fsp3) is 0.600. The zero-order chi connectivity index (χ0) is 14.8. The first-order valence-electron chi connectivity index (χ1n) is 6.59. The average Bonchev–Trinajstić information content (AvgIpc) is 2.28. The number of nitrogens with zero attached hydrogens (tertiary/aromatic N) is 2. The van der Waals surface area contributed by atoms with Gasteiger partial charge in [-0.2, -0.15) is 0 Å². The minimum absolute atomic E-state index is 0.123. The van der Waals surface area contributed by atoms with Crippen LogP contribution in [0.15, 0.2) is 29.4 Å². The van der Waals surface area contributed by atoms with Crippen molar-refractivity contribution in [2.45, 2.75) is 27.7 Å². The topological polar surface area (TPSA) is 41.9 Å². The van der Waals surface area contributed by atoms with E-state index in [0.29, 0.717) is 13.2 Å². The zero-order valence-electron chi connectivity index (χ0n) is 12.8. The lowest BCUT2D eigenvalue weighted by Crippen LogP contribution is -2.32. The molecule has 0 aromatic rings. The number of hydrogen-bond acceptors (Lipinski definition) is 4. The standard InChI is InChI=1S/C15H26N2O2/c1-7-9-13(4)16-14(5)11-17(6)10-12(3)15(18)19-8-2/h7,9,12H,1,8,10-11H2,2-6H3/b13-9+,16-14?. The van der Waals surface area contributed by atoms with E-state index in [1.165, 1.54) is 0 Å². The molecule has 4 heteroatoms. The summed E-state index contributed by atoms with van der Waals surface area (Å²) >= 11 is 0. The molecule has 108 valence electrons. The van der Waals surface area contributed by atoms with E-state index in [4.69, 9.17) is 4.74 Å². The fourth-order valence-electron chi connectivity index (χ4n) is 1.83. The second-order valence-corrected chi connectivity index (χ2v) is 4.74. The number of rotatable bonds is 8. The summed E-state index contributed by atoms with van der Waals surface area (Å²) in [5.74, 6) is -0.269. The molecule has 0 fully saturated rings. The molecular formula is C15H26N2O2. The Kier molecular flexibility index (Phi) is 8.79. The van der Waals surface area contributed by atoms with Crippen LogP contribution in [0.2, 0.25) is 0 Å². The van der Waals surface area contributed by atoms with Crippen LogP contribution in [0, 0.1) is 5.92 Å². The van der Waals surface area contributed by atoms with Crippen molar-refractivity contribution in [3.8, 4) is 0 Å². The summed E-state index contributed by atoms with van der Waals surface area (Å²) in [6.45, 7) is 13.1. The summed E-state index contributed by atoms with van der Waals surface area (Å²) in [4.78, 5) is 18.0. The van der Waals surface area contributed by atoms with Crippen molar-refractivity contribution in [2.75, 3.05) is 26.7 Å². The summed E-state index contributed by atoms with van der Waals surface area (Å²) in [6.07, 6.45) is 3.59. The van der Waals surface area contributed by atoms with E-state index < -0.39 is 0 Å². The van der Waals surface area contributed by atoms with Crippen molar-refractivity contribution in [3.63, 3.8) is 0 Å². The van der Waals surface area contributed by atoms with Crippen molar-refractivity contribution < 1.29 is 9.53 Å². The van der Waals surface area contributed by atoms with Crippen LogP contribution in [0.3, 0.4) is 0 Å². The first-order chi connectivity index (χ1) is 8.90. The van der Waals surface area contributed by atoms with E-state index in [0.717, 1.165) is 18.0 Å². The van der Waals surface area contributed by atoms with Crippen molar-refractivity contribution in [2.24, 2.45) is 10.9 Å². The van der Waals surface area contributed by atoms with Gasteiger partial charge >= 0.3 is 5.97 Å². The molecule has 0 N–H and O–H groups in total. The van der Waals surface area contributed by atoms with Gasteiger partial charge in [-0.05, 0) is 33.9 Å². The van der Waals surface area contributed by atoms with Crippen LogP contribution in [-0.4, -0.2) is 43.3 Å². The molecule has 0 bridgehead atoms. The first-order valence-corrected chi connectivity index (χ1v) is 6.59. The van der Waals surface area contributed by atoms with Crippen molar-refractivity contribution >= 4 is 11.7 Å². The van der Waals surface area contributed by atoms with Gasteiger partial charge in [0.25, 0.3) is 0 Å². The number of aliphatic imine (C=N–C) groups is 1. The SMILES string of the molecule is C=C/C=C(\C)N=C(C)CN(C)CC(C)C(=O)OCC. The maximum absolute atomic E-state index is 11.5. The fourth-order valence-corrected chi connectivity index (χ4v) is 1.83.